The molecule has 1 aromatic heterocycles. The number of benzene rings is 1. The molecule has 2 N–H and O–H groups in total. The molecule has 5 nitrogen and oxygen atoms in total. The van der Waals surface area contributed by atoms with Gasteiger partial charge in [-0.05, 0) is 42.7 Å². The van der Waals surface area contributed by atoms with Gasteiger partial charge in [0.2, 0.25) is 0 Å². The number of carbonyl (C=O) groups excluding carboxylic acids is 1. The van der Waals surface area contributed by atoms with Crippen LogP contribution in [0.3, 0.4) is 0 Å². The molecule has 0 unspecified atom stereocenters. The highest BCUT2D eigenvalue weighted by Gasteiger charge is 2.06. The Balaban J connectivity index is 1.84. The van der Waals surface area contributed by atoms with Crippen molar-refractivity contribution >= 4 is 11.7 Å². The Morgan fingerprint density at radius 1 is 1.21 bits per heavy atom. The van der Waals surface area contributed by atoms with Gasteiger partial charge in [0.25, 0.3) is 5.91 Å². The highest BCUT2D eigenvalue weighted by atomic mass is 16.5. The van der Waals surface area contributed by atoms with Crippen LogP contribution < -0.4 is 15.4 Å². The number of hydrogen-bond donors (Lipinski definition) is 2. The zero-order chi connectivity index (χ0) is 17.2. The zero-order valence-electron chi connectivity index (χ0n) is 14.3. The standard InChI is InChI=1S/C19H25N3O2/c1-3-4-10-20-18-14-16(9-12-21-18)19(23)22-11-8-15-6-5-7-17(13-15)24-2/h5-7,9,12-14H,3-4,8,10-11H2,1-2H3,(H,20,21)(H,22,23). The predicted octanol–water partition coefficient (Wildman–Crippen LogP) is 3.27. The SMILES string of the molecule is CCCCNc1cc(C(=O)NCCc2cccc(OC)c2)ccn1. The lowest BCUT2D eigenvalue weighted by Gasteiger charge is -2.08. The highest BCUT2D eigenvalue weighted by Crippen LogP contribution is 2.12. The van der Waals surface area contributed by atoms with Gasteiger partial charge in [-0.2, -0.15) is 0 Å². The number of nitrogens with zero attached hydrogens (tertiary/aromatic N) is 1. The van der Waals surface area contributed by atoms with Crippen LogP contribution in [0.4, 0.5) is 5.82 Å². The van der Waals surface area contributed by atoms with Gasteiger partial charge in [0.15, 0.2) is 0 Å². The molecule has 0 aliphatic heterocycles. The normalized spacial score (nSPS) is 10.2. The van der Waals surface area contributed by atoms with E-state index in [-0.39, 0.29) is 5.91 Å². The molecule has 1 amide bonds. The largest absolute Gasteiger partial charge is 0.497 e. The van der Waals surface area contributed by atoms with Gasteiger partial charge < -0.3 is 15.4 Å². The average Bonchev–Trinajstić information content (AvgIpc) is 2.62. The van der Waals surface area contributed by atoms with Gasteiger partial charge >= 0.3 is 0 Å². The molecule has 0 aliphatic rings. The third-order valence-corrected chi connectivity index (χ3v) is 3.69. The van der Waals surface area contributed by atoms with E-state index in [9.17, 15) is 4.79 Å². The second kappa shape index (κ2) is 9.55. The van der Waals surface area contributed by atoms with E-state index in [2.05, 4.69) is 22.5 Å². The molecule has 0 spiro atoms. The van der Waals surface area contributed by atoms with E-state index in [1.165, 1.54) is 0 Å². The predicted molar refractivity (Wildman–Crippen MR) is 96.7 cm³/mol. The third kappa shape index (κ3) is 5.57. The lowest BCUT2D eigenvalue weighted by Crippen LogP contribution is -2.25. The molecule has 0 bridgehead atoms. The fourth-order valence-electron chi connectivity index (χ4n) is 2.31. The fourth-order valence-corrected chi connectivity index (χ4v) is 2.31. The molecule has 24 heavy (non-hydrogen) atoms. The van der Waals surface area contributed by atoms with Gasteiger partial charge in [-0.25, -0.2) is 4.98 Å². The van der Waals surface area contributed by atoms with Gasteiger partial charge in [-0.15, -0.1) is 0 Å². The van der Waals surface area contributed by atoms with Crippen LogP contribution in [0.1, 0.15) is 35.7 Å². The number of aromatic nitrogens is 1. The van der Waals surface area contributed by atoms with Crippen molar-refractivity contribution in [1.82, 2.24) is 10.3 Å². The Labute approximate surface area is 143 Å². The molecular weight excluding hydrogens is 302 g/mol. The van der Waals surface area contributed by atoms with Crippen LogP contribution in [0.25, 0.3) is 0 Å². The summed E-state index contributed by atoms with van der Waals surface area (Å²) in [7, 11) is 1.65. The van der Waals surface area contributed by atoms with E-state index >= 15 is 0 Å². The van der Waals surface area contributed by atoms with Crippen LogP contribution in [0.5, 0.6) is 5.75 Å². The van der Waals surface area contributed by atoms with Crippen molar-refractivity contribution in [2.45, 2.75) is 26.2 Å². The molecule has 0 radical (unpaired) electrons. The Morgan fingerprint density at radius 2 is 2.08 bits per heavy atom. The molecule has 0 saturated heterocycles. The van der Waals surface area contributed by atoms with Crippen molar-refractivity contribution in [3.8, 4) is 5.75 Å². The Kier molecular flexibility index (Phi) is 7.08. The molecule has 0 atom stereocenters. The van der Waals surface area contributed by atoms with Crippen molar-refractivity contribution in [3.63, 3.8) is 0 Å². The number of nitrogens with one attached hydrogen (secondary N) is 2. The summed E-state index contributed by atoms with van der Waals surface area (Å²) >= 11 is 0. The number of methoxy groups -OCH3 is 1. The van der Waals surface area contributed by atoms with E-state index < -0.39 is 0 Å². The van der Waals surface area contributed by atoms with Crippen molar-refractivity contribution in [2.75, 3.05) is 25.5 Å². The number of ether oxygens (including phenoxy) is 1. The average molecular weight is 327 g/mol. The smallest absolute Gasteiger partial charge is 0.251 e. The first-order chi connectivity index (χ1) is 11.7. The maximum atomic E-state index is 12.2. The summed E-state index contributed by atoms with van der Waals surface area (Å²) < 4.78 is 5.20. The summed E-state index contributed by atoms with van der Waals surface area (Å²) in [5, 5.41) is 6.17. The third-order valence-electron chi connectivity index (χ3n) is 3.69. The van der Waals surface area contributed by atoms with Gasteiger partial charge in [-0.3, -0.25) is 4.79 Å². The molecule has 1 heterocycles. The van der Waals surface area contributed by atoms with E-state index in [0.29, 0.717) is 12.1 Å². The van der Waals surface area contributed by atoms with Gasteiger partial charge in [0, 0.05) is 24.8 Å². The van der Waals surface area contributed by atoms with Crippen molar-refractivity contribution in [1.29, 1.82) is 0 Å². The Morgan fingerprint density at radius 3 is 2.88 bits per heavy atom. The monoisotopic (exact) mass is 327 g/mol. The van der Waals surface area contributed by atoms with Gasteiger partial charge in [0.1, 0.15) is 11.6 Å². The first-order valence-corrected chi connectivity index (χ1v) is 8.34. The number of rotatable bonds is 9. The topological polar surface area (TPSA) is 63.2 Å². The molecule has 0 aliphatic carbocycles. The molecule has 0 saturated carbocycles. The number of amides is 1. The second-order valence-electron chi connectivity index (χ2n) is 5.57. The summed E-state index contributed by atoms with van der Waals surface area (Å²) in [6, 6.07) is 11.4. The van der Waals surface area contributed by atoms with Gasteiger partial charge in [-0.1, -0.05) is 25.5 Å². The van der Waals surface area contributed by atoms with Crippen molar-refractivity contribution < 1.29 is 9.53 Å². The number of carbonyl (C=O) groups is 1. The Bertz CT molecular complexity index is 659. The van der Waals surface area contributed by atoms with E-state index in [1.54, 1.807) is 25.4 Å². The summed E-state index contributed by atoms with van der Waals surface area (Å²) in [6.45, 7) is 3.58. The molecule has 128 valence electrons. The lowest BCUT2D eigenvalue weighted by atomic mass is 10.1. The van der Waals surface area contributed by atoms with Crippen LogP contribution in [0, 0.1) is 0 Å². The maximum Gasteiger partial charge on any atom is 0.251 e. The molecule has 0 fully saturated rings. The highest BCUT2D eigenvalue weighted by molar-refractivity contribution is 5.94. The quantitative estimate of drug-likeness (QED) is 0.694. The molecule has 1 aromatic carbocycles. The minimum Gasteiger partial charge on any atom is -0.497 e. The minimum absolute atomic E-state index is 0.0844. The second-order valence-corrected chi connectivity index (χ2v) is 5.57. The molecular formula is C19H25N3O2. The fraction of sp³-hybridized carbons (Fsp3) is 0.368. The van der Waals surface area contributed by atoms with E-state index in [1.807, 2.05) is 24.3 Å². The molecule has 2 aromatic rings. The first kappa shape index (κ1) is 17.8. The van der Waals surface area contributed by atoms with Crippen LogP contribution in [-0.2, 0) is 6.42 Å². The number of unbranched alkanes of at least 4 members (excludes halogenated alkanes) is 1. The van der Waals surface area contributed by atoms with Crippen LogP contribution in [-0.4, -0.2) is 31.1 Å². The number of hydrogen-bond acceptors (Lipinski definition) is 4. The molecule has 2 rings (SSSR count). The Hall–Kier alpha value is -2.56. The van der Waals surface area contributed by atoms with Crippen molar-refractivity contribution in [2.24, 2.45) is 0 Å². The summed E-state index contributed by atoms with van der Waals surface area (Å²) in [4.78, 5) is 16.5. The summed E-state index contributed by atoms with van der Waals surface area (Å²) in [6.07, 6.45) is 4.62. The van der Waals surface area contributed by atoms with Crippen LogP contribution in [0.15, 0.2) is 42.6 Å². The maximum absolute atomic E-state index is 12.2. The number of pyridine rings is 1. The zero-order valence-corrected chi connectivity index (χ0v) is 14.3. The van der Waals surface area contributed by atoms with Crippen LogP contribution >= 0.6 is 0 Å². The van der Waals surface area contributed by atoms with E-state index in [0.717, 1.165) is 42.9 Å². The summed E-state index contributed by atoms with van der Waals surface area (Å²) in [5.74, 6) is 1.48. The summed E-state index contributed by atoms with van der Waals surface area (Å²) in [5.41, 5.74) is 1.75. The number of anilines is 1. The van der Waals surface area contributed by atoms with E-state index in [4.69, 9.17) is 4.74 Å². The molecule has 5 heteroatoms. The first-order valence-electron chi connectivity index (χ1n) is 8.34. The minimum atomic E-state index is -0.0844. The van der Waals surface area contributed by atoms with Gasteiger partial charge in [0.05, 0.1) is 7.11 Å². The lowest BCUT2D eigenvalue weighted by molar-refractivity contribution is 0.0954. The van der Waals surface area contributed by atoms with Crippen LogP contribution in [0.2, 0.25) is 0 Å². The van der Waals surface area contributed by atoms with Crippen molar-refractivity contribution in [3.05, 3.63) is 53.7 Å².